The molecular weight excluding hydrogens is 236 g/mol. The maximum Gasteiger partial charge on any atom is 0.268 e. The minimum atomic E-state index is -3.61. The van der Waals surface area contributed by atoms with Gasteiger partial charge in [0.1, 0.15) is 5.69 Å². The monoisotopic (exact) mass is 248 g/mol. The molecule has 0 unspecified atom stereocenters. The third kappa shape index (κ3) is 3.37. The van der Waals surface area contributed by atoms with Gasteiger partial charge in [-0.25, -0.2) is 18.1 Å². The Bertz CT molecular complexity index is 456. The number of carbonyl (C=O) groups is 1. The van der Waals surface area contributed by atoms with Gasteiger partial charge in [-0.15, -0.1) is 11.3 Å². The highest BCUT2D eigenvalue weighted by Gasteiger charge is 2.24. The van der Waals surface area contributed by atoms with Gasteiger partial charge in [-0.3, -0.25) is 4.79 Å². The number of nitrogens with one attached hydrogen (secondary N) is 1. The second-order valence-electron chi connectivity index (χ2n) is 4.01. The Morgan fingerprint density at radius 3 is 2.47 bits per heavy atom. The number of aromatic nitrogens is 1. The Morgan fingerprint density at radius 2 is 2.07 bits per heavy atom. The predicted octanol–water partition coefficient (Wildman–Crippen LogP) is 1.03. The van der Waals surface area contributed by atoms with Crippen molar-refractivity contribution in [2.45, 2.75) is 30.6 Å². The van der Waals surface area contributed by atoms with Crippen molar-refractivity contribution in [1.82, 2.24) is 9.71 Å². The van der Waals surface area contributed by atoms with Crippen LogP contribution >= 0.6 is 11.3 Å². The van der Waals surface area contributed by atoms with Gasteiger partial charge in [0.2, 0.25) is 4.34 Å². The fourth-order valence-electron chi connectivity index (χ4n) is 0.893. The van der Waals surface area contributed by atoms with Crippen molar-refractivity contribution in [1.29, 1.82) is 0 Å². The number of nitrogens with zero attached hydrogens (tertiary/aromatic N) is 1. The highest BCUT2D eigenvalue weighted by Crippen LogP contribution is 2.16. The molecule has 15 heavy (non-hydrogen) atoms. The molecule has 1 aromatic heterocycles. The van der Waals surface area contributed by atoms with Crippen LogP contribution in [0.15, 0.2) is 9.72 Å². The first kappa shape index (κ1) is 12.3. The Kier molecular flexibility index (Phi) is 3.27. The van der Waals surface area contributed by atoms with Crippen LogP contribution in [0.25, 0.3) is 0 Å². The molecule has 0 amide bonds. The summed E-state index contributed by atoms with van der Waals surface area (Å²) in [5, 5.41) is 1.41. The van der Waals surface area contributed by atoms with E-state index in [1.807, 2.05) is 0 Å². The Morgan fingerprint density at radius 1 is 1.47 bits per heavy atom. The van der Waals surface area contributed by atoms with Gasteiger partial charge in [-0.05, 0) is 20.8 Å². The van der Waals surface area contributed by atoms with E-state index in [1.54, 1.807) is 20.8 Å². The molecule has 0 aliphatic rings. The van der Waals surface area contributed by atoms with E-state index in [9.17, 15) is 13.2 Å². The molecule has 0 aliphatic heterocycles. The summed E-state index contributed by atoms with van der Waals surface area (Å²) in [5.41, 5.74) is -0.430. The zero-order chi connectivity index (χ0) is 11.7. The Labute approximate surface area is 92.6 Å². The third-order valence-electron chi connectivity index (χ3n) is 1.29. The summed E-state index contributed by atoms with van der Waals surface area (Å²) in [4.78, 5) is 14.0. The van der Waals surface area contributed by atoms with Gasteiger partial charge in [0, 0.05) is 10.9 Å². The van der Waals surface area contributed by atoms with E-state index in [4.69, 9.17) is 0 Å². The van der Waals surface area contributed by atoms with E-state index in [1.165, 1.54) is 5.38 Å². The summed E-state index contributed by atoms with van der Waals surface area (Å²) in [6.45, 7) is 5.20. The van der Waals surface area contributed by atoms with Crippen molar-refractivity contribution in [3.8, 4) is 0 Å². The molecule has 0 saturated heterocycles. The van der Waals surface area contributed by atoms with Gasteiger partial charge < -0.3 is 0 Å². The smallest absolute Gasteiger partial charge is 0.268 e. The molecule has 1 heterocycles. The predicted molar refractivity (Wildman–Crippen MR) is 57.6 cm³/mol. The minimum Gasteiger partial charge on any atom is -0.296 e. The quantitative estimate of drug-likeness (QED) is 0.811. The maximum absolute atomic E-state index is 11.7. The van der Waals surface area contributed by atoms with E-state index < -0.39 is 15.6 Å². The molecule has 0 radical (unpaired) electrons. The molecular formula is C8H12N2O3S2. The van der Waals surface area contributed by atoms with Gasteiger partial charge in [0.15, 0.2) is 6.29 Å². The number of carbonyl (C=O) groups excluding carboxylic acids is 1. The second-order valence-corrected chi connectivity index (χ2v) is 6.73. The summed E-state index contributed by atoms with van der Waals surface area (Å²) < 4.78 is 25.8. The van der Waals surface area contributed by atoms with Crippen molar-refractivity contribution in [3.05, 3.63) is 11.1 Å². The summed E-state index contributed by atoms with van der Waals surface area (Å²) in [6.07, 6.45) is 0.520. The minimum absolute atomic E-state index is 0.0838. The summed E-state index contributed by atoms with van der Waals surface area (Å²) in [5.74, 6) is 0. The molecule has 0 atom stereocenters. The topological polar surface area (TPSA) is 76.1 Å². The van der Waals surface area contributed by atoms with Crippen molar-refractivity contribution in [2.24, 2.45) is 0 Å². The first-order valence-electron chi connectivity index (χ1n) is 4.19. The SMILES string of the molecule is CC(C)(C)NS(=O)(=O)c1nc(C=O)cs1. The van der Waals surface area contributed by atoms with Gasteiger partial charge >= 0.3 is 0 Å². The van der Waals surface area contributed by atoms with Gasteiger partial charge in [0.25, 0.3) is 10.0 Å². The fraction of sp³-hybridized carbons (Fsp3) is 0.500. The van der Waals surface area contributed by atoms with E-state index in [0.717, 1.165) is 11.3 Å². The highest BCUT2D eigenvalue weighted by molar-refractivity contribution is 7.91. The highest BCUT2D eigenvalue weighted by atomic mass is 32.2. The van der Waals surface area contributed by atoms with E-state index in [2.05, 4.69) is 9.71 Å². The standard InChI is InChI=1S/C8H12N2O3S2/c1-8(2,3)10-15(12,13)7-9-6(4-11)5-14-7/h4-5,10H,1-3H3. The van der Waals surface area contributed by atoms with Crippen molar-refractivity contribution < 1.29 is 13.2 Å². The van der Waals surface area contributed by atoms with Crippen LogP contribution in [0.1, 0.15) is 31.3 Å². The van der Waals surface area contributed by atoms with Crippen molar-refractivity contribution >= 4 is 27.6 Å². The van der Waals surface area contributed by atoms with E-state index in [-0.39, 0.29) is 10.0 Å². The molecule has 0 fully saturated rings. The summed E-state index contributed by atoms with van der Waals surface area (Å²) >= 11 is 0.929. The molecule has 1 aromatic rings. The zero-order valence-electron chi connectivity index (χ0n) is 8.64. The molecule has 0 saturated carbocycles. The number of hydrogen-bond donors (Lipinski definition) is 1. The lowest BCUT2D eigenvalue weighted by atomic mass is 10.1. The molecule has 7 heteroatoms. The normalized spacial score (nSPS) is 12.7. The number of rotatable bonds is 3. The number of thiazole rings is 1. The lowest BCUT2D eigenvalue weighted by Crippen LogP contribution is -2.40. The molecule has 0 spiro atoms. The molecule has 1 rings (SSSR count). The number of sulfonamides is 1. The van der Waals surface area contributed by atoms with Crippen molar-refractivity contribution in [2.75, 3.05) is 0 Å². The first-order valence-corrected chi connectivity index (χ1v) is 6.55. The molecule has 0 bridgehead atoms. The van der Waals surface area contributed by atoms with Crippen LogP contribution in [0.2, 0.25) is 0 Å². The van der Waals surface area contributed by atoms with Crippen molar-refractivity contribution in [3.63, 3.8) is 0 Å². The summed E-state index contributed by atoms with van der Waals surface area (Å²) in [7, 11) is -3.61. The van der Waals surface area contributed by atoms with Crippen LogP contribution in [0.4, 0.5) is 0 Å². The molecule has 0 aromatic carbocycles. The van der Waals surface area contributed by atoms with Crippen LogP contribution < -0.4 is 4.72 Å². The average Bonchev–Trinajstić information content (AvgIpc) is 2.47. The van der Waals surface area contributed by atoms with Crippen LogP contribution in [-0.2, 0) is 10.0 Å². The average molecular weight is 248 g/mol. The Balaban J connectivity index is 3.01. The number of hydrogen-bond acceptors (Lipinski definition) is 5. The molecule has 84 valence electrons. The Hall–Kier alpha value is -0.790. The second kappa shape index (κ2) is 3.99. The van der Waals surface area contributed by atoms with E-state index >= 15 is 0 Å². The zero-order valence-corrected chi connectivity index (χ0v) is 10.3. The van der Waals surface area contributed by atoms with Gasteiger partial charge in [-0.1, -0.05) is 0 Å². The molecule has 0 aliphatic carbocycles. The molecule has 5 nitrogen and oxygen atoms in total. The van der Waals surface area contributed by atoms with Crippen LogP contribution in [0, 0.1) is 0 Å². The van der Waals surface area contributed by atoms with Crippen LogP contribution in [-0.4, -0.2) is 25.2 Å². The summed E-state index contributed by atoms with van der Waals surface area (Å²) in [6, 6.07) is 0. The van der Waals surface area contributed by atoms with Crippen LogP contribution in [0.3, 0.4) is 0 Å². The lowest BCUT2D eigenvalue weighted by Gasteiger charge is -2.18. The largest absolute Gasteiger partial charge is 0.296 e. The lowest BCUT2D eigenvalue weighted by molar-refractivity contribution is 0.111. The molecule has 1 N–H and O–H groups in total. The van der Waals surface area contributed by atoms with Crippen LogP contribution in [0.5, 0.6) is 0 Å². The van der Waals surface area contributed by atoms with Gasteiger partial charge in [0.05, 0.1) is 0 Å². The van der Waals surface area contributed by atoms with Gasteiger partial charge in [-0.2, -0.15) is 0 Å². The van der Waals surface area contributed by atoms with E-state index in [0.29, 0.717) is 6.29 Å². The number of aldehydes is 1. The fourth-order valence-corrected chi connectivity index (χ4v) is 3.28. The maximum atomic E-state index is 11.7. The first-order chi connectivity index (χ1) is 6.74. The third-order valence-corrected chi connectivity index (χ3v) is 4.32.